The van der Waals surface area contributed by atoms with Crippen LogP contribution in [-0.2, 0) is 23.7 Å². The number of hydrogen-bond acceptors (Lipinski definition) is 6. The fourth-order valence-electron chi connectivity index (χ4n) is 3.16. The molecule has 5 atom stereocenters. The molecule has 1 N–H and O–H groups in total. The van der Waals surface area contributed by atoms with Crippen molar-refractivity contribution in [3.63, 3.8) is 0 Å². The van der Waals surface area contributed by atoms with Gasteiger partial charge in [0, 0.05) is 26.4 Å². The van der Waals surface area contributed by atoms with Crippen LogP contribution in [-0.4, -0.2) is 68.8 Å². The molecule has 0 radical (unpaired) electrons. The number of aliphatic hydroxyl groups is 1. The molecule has 1 heterocycles. The zero-order valence-electron chi connectivity index (χ0n) is 18.6. The number of rotatable bonds is 17. The van der Waals surface area contributed by atoms with E-state index in [0.717, 1.165) is 51.4 Å². The topological polar surface area (TPSA) is 66.4 Å². The van der Waals surface area contributed by atoms with E-state index in [9.17, 15) is 5.11 Å². The van der Waals surface area contributed by atoms with Crippen molar-refractivity contribution in [1.82, 2.24) is 0 Å². The van der Waals surface area contributed by atoms with Crippen LogP contribution >= 0.6 is 0 Å². The van der Waals surface area contributed by atoms with E-state index < -0.39 is 12.4 Å². The molecule has 6 nitrogen and oxygen atoms in total. The lowest BCUT2D eigenvalue weighted by atomic mass is 9.98. The Morgan fingerprint density at radius 3 is 1.50 bits per heavy atom. The second kappa shape index (κ2) is 16.5. The molecule has 1 aliphatic heterocycles. The van der Waals surface area contributed by atoms with Crippen molar-refractivity contribution in [2.75, 3.05) is 33.0 Å². The van der Waals surface area contributed by atoms with Gasteiger partial charge in [0.1, 0.15) is 24.4 Å². The predicted octanol–water partition coefficient (Wildman–Crippen LogP) is 4.08. The quantitative estimate of drug-likeness (QED) is 0.369. The van der Waals surface area contributed by atoms with Crippen LogP contribution < -0.4 is 0 Å². The van der Waals surface area contributed by atoms with Crippen LogP contribution in [0.2, 0.25) is 0 Å². The Morgan fingerprint density at radius 2 is 1.04 bits per heavy atom. The lowest BCUT2D eigenvalue weighted by molar-refractivity contribution is -0.322. The normalized spacial score (nSPS) is 28.0. The van der Waals surface area contributed by atoms with Crippen molar-refractivity contribution in [1.29, 1.82) is 0 Å². The summed E-state index contributed by atoms with van der Waals surface area (Å²) in [5.41, 5.74) is 0. The van der Waals surface area contributed by atoms with E-state index in [1.807, 2.05) is 0 Å². The van der Waals surface area contributed by atoms with Gasteiger partial charge in [-0.1, -0.05) is 53.4 Å². The number of unbranched alkanes of at least 4 members (excludes halogenated alkanes) is 4. The first-order valence-electron chi connectivity index (χ1n) is 11.5. The van der Waals surface area contributed by atoms with Gasteiger partial charge in [-0.2, -0.15) is 0 Å². The summed E-state index contributed by atoms with van der Waals surface area (Å²) in [6.45, 7) is 10.9. The fourth-order valence-corrected chi connectivity index (χ4v) is 3.16. The number of aliphatic hydroxyl groups excluding tert-OH is 1. The summed E-state index contributed by atoms with van der Waals surface area (Å²) in [5.74, 6) is 0. The molecule has 1 rings (SSSR count). The molecule has 1 fully saturated rings. The monoisotopic (exact) mass is 404 g/mol. The Hall–Kier alpha value is -0.240. The van der Waals surface area contributed by atoms with Gasteiger partial charge in [0.2, 0.25) is 0 Å². The predicted molar refractivity (Wildman–Crippen MR) is 111 cm³/mol. The van der Waals surface area contributed by atoms with Gasteiger partial charge < -0.3 is 28.8 Å². The largest absolute Gasteiger partial charge is 0.394 e. The summed E-state index contributed by atoms with van der Waals surface area (Å²) in [6.07, 6.45) is 6.08. The third kappa shape index (κ3) is 9.06. The van der Waals surface area contributed by atoms with Gasteiger partial charge in [-0.25, -0.2) is 0 Å². The highest BCUT2D eigenvalue weighted by Gasteiger charge is 2.48. The van der Waals surface area contributed by atoms with Crippen molar-refractivity contribution >= 4 is 0 Å². The minimum absolute atomic E-state index is 0.125. The van der Waals surface area contributed by atoms with E-state index in [1.54, 1.807) is 0 Å². The summed E-state index contributed by atoms with van der Waals surface area (Å²) in [5, 5.41) is 9.94. The number of ether oxygens (including phenoxy) is 5. The Kier molecular flexibility index (Phi) is 15.2. The second-order valence-corrected chi connectivity index (χ2v) is 7.52. The van der Waals surface area contributed by atoms with Crippen LogP contribution in [0.1, 0.15) is 79.1 Å². The van der Waals surface area contributed by atoms with Gasteiger partial charge in [-0.15, -0.1) is 0 Å². The highest BCUT2D eigenvalue weighted by molar-refractivity contribution is 4.93. The molecule has 0 aromatic heterocycles. The van der Waals surface area contributed by atoms with Crippen molar-refractivity contribution in [2.24, 2.45) is 0 Å². The van der Waals surface area contributed by atoms with Crippen molar-refractivity contribution in [2.45, 2.75) is 110 Å². The summed E-state index contributed by atoms with van der Waals surface area (Å²) in [7, 11) is 0. The SMILES string of the molecule is CCCCO[C@H]1O[C@H](CO)[C@@H](OCCCC)[C@H](OCCCC)[C@@H]1OCCCC. The molecular weight excluding hydrogens is 360 g/mol. The Labute approximate surface area is 172 Å². The average Bonchev–Trinajstić information content (AvgIpc) is 2.70. The maximum Gasteiger partial charge on any atom is 0.186 e. The Balaban J connectivity index is 2.94. The van der Waals surface area contributed by atoms with Crippen LogP contribution in [0.4, 0.5) is 0 Å². The highest BCUT2D eigenvalue weighted by atomic mass is 16.7. The molecule has 6 heteroatoms. The molecule has 0 unspecified atom stereocenters. The number of hydrogen-bond donors (Lipinski definition) is 1. The fraction of sp³-hybridized carbons (Fsp3) is 1.00. The zero-order chi connectivity index (χ0) is 20.6. The van der Waals surface area contributed by atoms with Crippen LogP contribution in [0.25, 0.3) is 0 Å². The van der Waals surface area contributed by atoms with Gasteiger partial charge in [0.05, 0.1) is 6.61 Å². The Bertz CT molecular complexity index is 354. The smallest absolute Gasteiger partial charge is 0.186 e. The third-order valence-corrected chi connectivity index (χ3v) is 4.98. The molecule has 0 aromatic rings. The maximum absolute atomic E-state index is 9.94. The van der Waals surface area contributed by atoms with Crippen LogP contribution in [0.5, 0.6) is 0 Å². The van der Waals surface area contributed by atoms with Crippen LogP contribution in [0.3, 0.4) is 0 Å². The van der Waals surface area contributed by atoms with E-state index in [0.29, 0.717) is 26.4 Å². The average molecular weight is 405 g/mol. The molecule has 1 saturated heterocycles. The molecule has 0 amide bonds. The molecular formula is C22H44O6. The molecule has 0 aromatic carbocycles. The molecule has 28 heavy (non-hydrogen) atoms. The Morgan fingerprint density at radius 1 is 0.607 bits per heavy atom. The standard InChI is InChI=1S/C22H44O6/c1-5-9-13-24-19-18(17-23)28-22(27-16-12-8-4)21(26-15-11-7-3)20(19)25-14-10-6-2/h18-23H,5-17H2,1-4H3/t18-,19-,20+,21+,22+/m1/s1. The molecule has 0 aliphatic carbocycles. The minimum Gasteiger partial charge on any atom is -0.394 e. The van der Waals surface area contributed by atoms with Gasteiger partial charge >= 0.3 is 0 Å². The van der Waals surface area contributed by atoms with Gasteiger partial charge in [0.15, 0.2) is 6.29 Å². The zero-order valence-corrected chi connectivity index (χ0v) is 18.6. The molecule has 0 saturated carbocycles. The van der Waals surface area contributed by atoms with Crippen molar-refractivity contribution < 1.29 is 28.8 Å². The first-order valence-corrected chi connectivity index (χ1v) is 11.5. The molecule has 0 spiro atoms. The van der Waals surface area contributed by atoms with E-state index in [2.05, 4.69) is 27.7 Å². The van der Waals surface area contributed by atoms with Gasteiger partial charge in [-0.05, 0) is 25.7 Å². The first-order chi connectivity index (χ1) is 13.7. The summed E-state index contributed by atoms with van der Waals surface area (Å²) < 4.78 is 30.7. The van der Waals surface area contributed by atoms with E-state index in [-0.39, 0.29) is 24.9 Å². The molecule has 0 bridgehead atoms. The van der Waals surface area contributed by atoms with Crippen molar-refractivity contribution in [3.05, 3.63) is 0 Å². The van der Waals surface area contributed by atoms with E-state index >= 15 is 0 Å². The van der Waals surface area contributed by atoms with Gasteiger partial charge in [-0.3, -0.25) is 0 Å². The maximum atomic E-state index is 9.94. The van der Waals surface area contributed by atoms with Gasteiger partial charge in [0.25, 0.3) is 0 Å². The van der Waals surface area contributed by atoms with Crippen molar-refractivity contribution in [3.8, 4) is 0 Å². The molecule has 168 valence electrons. The first kappa shape index (κ1) is 25.8. The lowest BCUT2D eigenvalue weighted by Gasteiger charge is -2.45. The minimum atomic E-state index is -0.543. The lowest BCUT2D eigenvalue weighted by Crippen LogP contribution is -2.62. The molecule has 1 aliphatic rings. The third-order valence-electron chi connectivity index (χ3n) is 4.98. The summed E-state index contributed by atoms with van der Waals surface area (Å²) in [4.78, 5) is 0. The second-order valence-electron chi connectivity index (χ2n) is 7.52. The summed E-state index contributed by atoms with van der Waals surface area (Å²) in [6, 6.07) is 0. The van der Waals surface area contributed by atoms with Crippen LogP contribution in [0, 0.1) is 0 Å². The van der Waals surface area contributed by atoms with Crippen LogP contribution in [0.15, 0.2) is 0 Å². The summed E-state index contributed by atoms with van der Waals surface area (Å²) >= 11 is 0. The van der Waals surface area contributed by atoms with E-state index in [4.69, 9.17) is 23.7 Å². The highest BCUT2D eigenvalue weighted by Crippen LogP contribution is 2.29. The van der Waals surface area contributed by atoms with E-state index in [1.165, 1.54) is 0 Å².